The summed E-state index contributed by atoms with van der Waals surface area (Å²) in [6.07, 6.45) is 5.19. The van der Waals surface area contributed by atoms with E-state index in [9.17, 15) is 4.79 Å². The molecule has 0 aromatic heterocycles. The van der Waals surface area contributed by atoms with E-state index in [-0.39, 0.29) is 0 Å². The van der Waals surface area contributed by atoms with E-state index in [1.165, 1.54) is 18.4 Å². The molecule has 0 unspecified atom stereocenters. The molecule has 0 aliphatic heterocycles. The number of hydrogen-bond donors (Lipinski definition) is 0. The van der Waals surface area contributed by atoms with Crippen molar-refractivity contribution in [3.63, 3.8) is 0 Å². The van der Waals surface area contributed by atoms with Crippen molar-refractivity contribution in [2.24, 2.45) is 11.8 Å². The Morgan fingerprint density at radius 1 is 1.23 bits per heavy atom. The van der Waals surface area contributed by atoms with Crippen LogP contribution in [0, 0.1) is 11.8 Å². The molecule has 0 aromatic rings. The molecule has 2 aliphatic carbocycles. The van der Waals surface area contributed by atoms with Crippen molar-refractivity contribution in [3.05, 3.63) is 11.1 Å². The lowest BCUT2D eigenvalue weighted by atomic mass is 9.90. The van der Waals surface area contributed by atoms with Crippen molar-refractivity contribution < 1.29 is 4.79 Å². The first-order valence-electron chi connectivity index (χ1n) is 5.38. The van der Waals surface area contributed by atoms with Gasteiger partial charge in [0.05, 0.1) is 0 Å². The molecule has 0 aromatic carbocycles. The van der Waals surface area contributed by atoms with Gasteiger partial charge in [0.2, 0.25) is 0 Å². The van der Waals surface area contributed by atoms with Gasteiger partial charge >= 0.3 is 0 Å². The summed E-state index contributed by atoms with van der Waals surface area (Å²) >= 11 is 0. The third-order valence-corrected chi connectivity index (χ3v) is 3.78. The fourth-order valence-corrected chi connectivity index (χ4v) is 2.80. The van der Waals surface area contributed by atoms with Crippen LogP contribution in [0.25, 0.3) is 0 Å². The minimum absolute atomic E-state index is 0.480. The van der Waals surface area contributed by atoms with Gasteiger partial charge < -0.3 is 0 Å². The average Bonchev–Trinajstić information content (AvgIpc) is 2.37. The molecule has 1 fully saturated rings. The summed E-state index contributed by atoms with van der Waals surface area (Å²) in [5, 5.41) is 0. The van der Waals surface area contributed by atoms with Crippen molar-refractivity contribution in [1.29, 1.82) is 0 Å². The maximum atomic E-state index is 11.5. The van der Waals surface area contributed by atoms with Gasteiger partial charge in [-0.05, 0) is 38.0 Å². The number of rotatable bonds is 0. The van der Waals surface area contributed by atoms with Gasteiger partial charge in [0.1, 0.15) is 5.78 Å². The summed E-state index contributed by atoms with van der Waals surface area (Å²) in [5.41, 5.74) is 3.14. The van der Waals surface area contributed by atoms with Crippen molar-refractivity contribution in [3.8, 4) is 0 Å². The van der Waals surface area contributed by atoms with E-state index in [0.29, 0.717) is 11.7 Å². The van der Waals surface area contributed by atoms with Gasteiger partial charge in [0, 0.05) is 12.8 Å². The highest BCUT2D eigenvalue weighted by molar-refractivity contribution is 5.80. The molecule has 2 atom stereocenters. The zero-order valence-corrected chi connectivity index (χ0v) is 8.60. The molecule has 72 valence electrons. The number of hydrogen-bond acceptors (Lipinski definition) is 1. The second-order valence-electron chi connectivity index (χ2n) is 4.67. The number of carbonyl (C=O) groups is 1. The predicted molar refractivity (Wildman–Crippen MR) is 53.4 cm³/mol. The first-order valence-corrected chi connectivity index (χ1v) is 5.38. The maximum Gasteiger partial charge on any atom is 0.133 e. The Hall–Kier alpha value is -0.590. The van der Waals surface area contributed by atoms with Gasteiger partial charge in [-0.15, -0.1) is 0 Å². The first kappa shape index (κ1) is 8.98. The van der Waals surface area contributed by atoms with E-state index in [0.717, 1.165) is 25.2 Å². The molecule has 1 nitrogen and oxygen atoms in total. The topological polar surface area (TPSA) is 17.1 Å². The van der Waals surface area contributed by atoms with Crippen LogP contribution in [-0.2, 0) is 4.79 Å². The monoisotopic (exact) mass is 178 g/mol. The predicted octanol–water partition coefficient (Wildman–Crippen LogP) is 3.10. The summed E-state index contributed by atoms with van der Waals surface area (Å²) in [5.74, 6) is 1.83. The molecule has 0 saturated heterocycles. The van der Waals surface area contributed by atoms with Gasteiger partial charge in [-0.2, -0.15) is 0 Å². The van der Waals surface area contributed by atoms with Crippen molar-refractivity contribution in [1.82, 2.24) is 0 Å². The molecule has 2 rings (SSSR count). The summed E-state index contributed by atoms with van der Waals surface area (Å²) in [6.45, 7) is 4.52. The smallest absolute Gasteiger partial charge is 0.133 e. The lowest BCUT2D eigenvalue weighted by Gasteiger charge is -2.15. The van der Waals surface area contributed by atoms with Crippen molar-refractivity contribution in [2.75, 3.05) is 0 Å². The van der Waals surface area contributed by atoms with E-state index in [2.05, 4.69) is 13.8 Å². The summed E-state index contributed by atoms with van der Waals surface area (Å²) in [7, 11) is 0. The van der Waals surface area contributed by atoms with E-state index in [1.807, 2.05) is 0 Å². The molecule has 0 N–H and O–H groups in total. The van der Waals surface area contributed by atoms with Gasteiger partial charge in [0.15, 0.2) is 0 Å². The van der Waals surface area contributed by atoms with E-state index >= 15 is 0 Å². The highest BCUT2D eigenvalue weighted by atomic mass is 16.1. The number of ketones is 1. The second kappa shape index (κ2) is 3.28. The largest absolute Gasteiger partial charge is 0.300 e. The number of fused-ring (bicyclic) bond motifs is 1. The van der Waals surface area contributed by atoms with Crippen LogP contribution < -0.4 is 0 Å². The maximum absolute atomic E-state index is 11.5. The number of allylic oxidation sites excluding steroid dienone is 2. The molecule has 2 aliphatic rings. The zero-order valence-electron chi connectivity index (χ0n) is 8.60. The van der Waals surface area contributed by atoms with E-state index in [1.54, 1.807) is 5.57 Å². The Kier molecular flexibility index (Phi) is 2.27. The van der Waals surface area contributed by atoms with E-state index in [4.69, 9.17) is 0 Å². The van der Waals surface area contributed by atoms with Gasteiger partial charge in [-0.25, -0.2) is 0 Å². The third kappa shape index (κ3) is 1.56. The zero-order chi connectivity index (χ0) is 9.42. The molecule has 0 spiro atoms. The Morgan fingerprint density at radius 3 is 2.77 bits per heavy atom. The quantitative estimate of drug-likeness (QED) is 0.521. The highest BCUT2D eigenvalue weighted by Gasteiger charge is 2.32. The minimum atomic E-state index is 0.480. The van der Waals surface area contributed by atoms with Crippen LogP contribution >= 0.6 is 0 Å². The third-order valence-electron chi connectivity index (χ3n) is 3.78. The molecule has 13 heavy (non-hydrogen) atoms. The molecular weight excluding hydrogens is 160 g/mol. The molecule has 0 radical (unpaired) electrons. The van der Waals surface area contributed by atoms with Crippen LogP contribution in [0.5, 0.6) is 0 Å². The molecule has 1 heteroatoms. The van der Waals surface area contributed by atoms with Gasteiger partial charge in [-0.1, -0.05) is 18.1 Å². The summed E-state index contributed by atoms with van der Waals surface area (Å²) in [6, 6.07) is 0. The van der Waals surface area contributed by atoms with Crippen molar-refractivity contribution in [2.45, 2.75) is 46.0 Å². The number of Topliss-reactive ketones (excluding diaryl/α,β-unsaturated/α-hetero) is 1. The SMILES string of the molecule is CC1=C2CC[C@@H](C)[C@H]2CC(=O)CC1. The molecule has 0 bridgehead atoms. The van der Waals surface area contributed by atoms with Gasteiger partial charge in [0.25, 0.3) is 0 Å². The van der Waals surface area contributed by atoms with Crippen molar-refractivity contribution >= 4 is 5.78 Å². The summed E-state index contributed by atoms with van der Waals surface area (Å²) < 4.78 is 0. The van der Waals surface area contributed by atoms with Crippen LogP contribution in [0.4, 0.5) is 0 Å². The first-order chi connectivity index (χ1) is 6.18. The second-order valence-corrected chi connectivity index (χ2v) is 4.67. The Morgan fingerprint density at radius 2 is 2.00 bits per heavy atom. The average molecular weight is 178 g/mol. The normalized spacial score (nSPS) is 34.8. The lowest BCUT2D eigenvalue weighted by molar-refractivity contribution is -0.119. The number of carbonyl (C=O) groups excluding carboxylic acids is 1. The molecule has 1 saturated carbocycles. The Balaban J connectivity index is 2.28. The lowest BCUT2D eigenvalue weighted by Crippen LogP contribution is -2.10. The van der Waals surface area contributed by atoms with Crippen LogP contribution in [0.1, 0.15) is 46.0 Å². The van der Waals surface area contributed by atoms with Crippen LogP contribution in [-0.4, -0.2) is 5.78 Å². The fourth-order valence-electron chi connectivity index (χ4n) is 2.80. The highest BCUT2D eigenvalue weighted by Crippen LogP contribution is 2.42. The fraction of sp³-hybridized carbons (Fsp3) is 0.750. The molecule has 0 amide bonds. The Labute approximate surface area is 80.2 Å². The summed E-state index contributed by atoms with van der Waals surface area (Å²) in [4.78, 5) is 11.5. The standard InChI is InChI=1S/C12H18O/c1-8-3-5-10(13)7-12-9(2)4-6-11(8)12/h9,12H,3-7H2,1-2H3/t9-,12-/m1/s1. The van der Waals surface area contributed by atoms with Crippen LogP contribution in [0.2, 0.25) is 0 Å². The molecular formula is C12H18O. The minimum Gasteiger partial charge on any atom is -0.300 e. The van der Waals surface area contributed by atoms with Gasteiger partial charge in [-0.3, -0.25) is 4.79 Å². The van der Waals surface area contributed by atoms with Crippen LogP contribution in [0.15, 0.2) is 11.1 Å². The Bertz CT molecular complexity index is 262. The van der Waals surface area contributed by atoms with E-state index < -0.39 is 0 Å². The molecule has 0 heterocycles. The van der Waals surface area contributed by atoms with Crippen LogP contribution in [0.3, 0.4) is 0 Å².